The van der Waals surface area contributed by atoms with Crippen LogP contribution in [0.1, 0.15) is 37.8 Å². The summed E-state index contributed by atoms with van der Waals surface area (Å²) in [6, 6.07) is 15.4. The number of nitrogens with zero attached hydrogens (tertiary/aromatic N) is 3. The number of para-hydroxylation sites is 1. The van der Waals surface area contributed by atoms with Crippen LogP contribution in [0.5, 0.6) is 0 Å². The first-order chi connectivity index (χ1) is 16.0. The van der Waals surface area contributed by atoms with Gasteiger partial charge >= 0.3 is 0 Å². The number of likely N-dealkylation sites (N-methyl/N-ethyl adjacent to an activating group) is 1. The van der Waals surface area contributed by atoms with E-state index in [1.54, 1.807) is 7.05 Å². The average Bonchev–Trinajstić information content (AvgIpc) is 2.97. The van der Waals surface area contributed by atoms with E-state index in [0.29, 0.717) is 35.4 Å². The number of halogens is 1. The Kier molecular flexibility index (Phi) is 4.82. The van der Waals surface area contributed by atoms with Crippen LogP contribution in [0, 0.1) is 23.7 Å². The number of anilines is 2. The lowest BCUT2D eigenvalue weighted by Crippen LogP contribution is -2.53. The molecule has 5 rings (SSSR count). The van der Waals surface area contributed by atoms with Gasteiger partial charge in [0.15, 0.2) is 5.78 Å². The summed E-state index contributed by atoms with van der Waals surface area (Å²) >= 11 is 3.51. The Hall–Kier alpha value is -3.37. The van der Waals surface area contributed by atoms with E-state index >= 15 is 0 Å². The SMILES string of the molecule is Cc1cc(Br)ccc1N1C(N)=C(C#N)C2(C(=O)N(C)c3ccccc32)C2=C1CC(C)(C)CC2=O. The highest BCUT2D eigenvalue weighted by Gasteiger charge is 2.62. The van der Waals surface area contributed by atoms with Crippen LogP contribution in [0.4, 0.5) is 11.4 Å². The number of carbonyl (C=O) groups is 2. The number of amides is 1. The third-order valence-electron chi connectivity index (χ3n) is 7.18. The zero-order valence-corrected chi connectivity index (χ0v) is 21.2. The monoisotopic (exact) mass is 516 g/mol. The maximum atomic E-state index is 14.0. The number of allylic oxidation sites excluding steroid dienone is 1. The molecule has 2 aromatic carbocycles. The summed E-state index contributed by atoms with van der Waals surface area (Å²) in [6.45, 7) is 6.05. The first-order valence-electron chi connectivity index (χ1n) is 11.2. The largest absolute Gasteiger partial charge is 0.384 e. The Morgan fingerprint density at radius 2 is 1.79 bits per heavy atom. The molecule has 6 nitrogen and oxygen atoms in total. The van der Waals surface area contributed by atoms with Crippen molar-refractivity contribution in [2.75, 3.05) is 16.8 Å². The molecule has 0 saturated carbocycles. The molecule has 1 amide bonds. The number of nitriles is 1. The second-order valence-electron chi connectivity index (χ2n) is 10.0. The van der Waals surface area contributed by atoms with Crippen molar-refractivity contribution in [3.8, 4) is 6.07 Å². The number of ketones is 1. The molecule has 7 heteroatoms. The second-order valence-corrected chi connectivity index (χ2v) is 10.9. The van der Waals surface area contributed by atoms with Gasteiger partial charge in [-0.05, 0) is 48.6 Å². The van der Waals surface area contributed by atoms with Crippen molar-refractivity contribution in [1.82, 2.24) is 0 Å². The molecule has 1 atom stereocenters. The standard InChI is InChI=1S/C27H25BrN4O2/c1-15-11-16(28)9-10-19(15)32-21-12-26(2,3)13-22(33)23(21)27(18(14-29)24(32)30)17-7-5-6-8-20(17)31(4)25(27)34/h5-11H,12-13,30H2,1-4H3. The van der Waals surface area contributed by atoms with Crippen molar-refractivity contribution in [2.45, 2.75) is 39.0 Å². The van der Waals surface area contributed by atoms with Gasteiger partial charge in [-0.1, -0.05) is 48.0 Å². The lowest BCUT2D eigenvalue weighted by atomic mass is 9.60. The van der Waals surface area contributed by atoms with Crippen LogP contribution < -0.4 is 15.5 Å². The molecule has 0 bridgehead atoms. The van der Waals surface area contributed by atoms with E-state index in [4.69, 9.17) is 5.73 Å². The molecule has 0 aromatic heterocycles. The second kappa shape index (κ2) is 7.31. The van der Waals surface area contributed by atoms with Crippen LogP contribution >= 0.6 is 15.9 Å². The van der Waals surface area contributed by atoms with Gasteiger partial charge in [0.25, 0.3) is 0 Å². The molecular formula is C27H25BrN4O2. The predicted octanol–water partition coefficient (Wildman–Crippen LogP) is 4.83. The fraction of sp³-hybridized carbons (Fsp3) is 0.296. The van der Waals surface area contributed by atoms with Gasteiger partial charge in [-0.2, -0.15) is 5.26 Å². The summed E-state index contributed by atoms with van der Waals surface area (Å²) in [7, 11) is 1.68. The zero-order chi connectivity index (χ0) is 24.6. The van der Waals surface area contributed by atoms with Gasteiger partial charge in [0.1, 0.15) is 17.3 Å². The van der Waals surface area contributed by atoms with Gasteiger partial charge in [-0.25, -0.2) is 0 Å². The summed E-state index contributed by atoms with van der Waals surface area (Å²) < 4.78 is 0.918. The van der Waals surface area contributed by atoms with Gasteiger partial charge in [-0.3, -0.25) is 14.5 Å². The van der Waals surface area contributed by atoms with Crippen molar-refractivity contribution < 1.29 is 9.59 Å². The minimum atomic E-state index is -1.53. The Morgan fingerprint density at radius 1 is 1.09 bits per heavy atom. The van der Waals surface area contributed by atoms with Gasteiger partial charge in [-0.15, -0.1) is 0 Å². The molecule has 0 radical (unpaired) electrons. The van der Waals surface area contributed by atoms with E-state index in [9.17, 15) is 14.9 Å². The van der Waals surface area contributed by atoms with Crippen molar-refractivity contribution in [3.05, 3.63) is 80.7 Å². The van der Waals surface area contributed by atoms with Crippen molar-refractivity contribution in [1.29, 1.82) is 5.26 Å². The summed E-state index contributed by atoms with van der Waals surface area (Å²) in [5.41, 5.74) is 9.14. The van der Waals surface area contributed by atoms with E-state index in [-0.39, 0.29) is 28.5 Å². The summed E-state index contributed by atoms with van der Waals surface area (Å²) in [5, 5.41) is 10.4. The van der Waals surface area contributed by atoms with E-state index in [1.807, 2.05) is 68.1 Å². The molecule has 0 fully saturated rings. The normalized spacial score (nSPS) is 23.4. The number of benzene rings is 2. The highest BCUT2D eigenvalue weighted by molar-refractivity contribution is 9.10. The molecule has 2 heterocycles. The summed E-state index contributed by atoms with van der Waals surface area (Å²) in [4.78, 5) is 31.3. The highest BCUT2D eigenvalue weighted by atomic mass is 79.9. The number of hydrogen-bond acceptors (Lipinski definition) is 5. The molecule has 2 aromatic rings. The topological polar surface area (TPSA) is 90.4 Å². The van der Waals surface area contributed by atoms with Crippen LogP contribution in [0.25, 0.3) is 0 Å². The minimum absolute atomic E-state index is 0.100. The first-order valence-corrected chi connectivity index (χ1v) is 11.9. The molecule has 1 spiro atoms. The smallest absolute Gasteiger partial charge is 0.247 e. The highest BCUT2D eigenvalue weighted by Crippen LogP contribution is 2.58. The van der Waals surface area contributed by atoms with Crippen molar-refractivity contribution >= 4 is 39.0 Å². The predicted molar refractivity (Wildman–Crippen MR) is 135 cm³/mol. The van der Waals surface area contributed by atoms with Crippen LogP contribution in [-0.4, -0.2) is 18.7 Å². The summed E-state index contributed by atoms with van der Waals surface area (Å²) in [6.07, 6.45) is 0.836. The van der Waals surface area contributed by atoms with Crippen LogP contribution in [0.2, 0.25) is 0 Å². The van der Waals surface area contributed by atoms with Crippen LogP contribution in [0.3, 0.4) is 0 Å². The van der Waals surface area contributed by atoms with Gasteiger partial charge in [0.05, 0.1) is 11.3 Å². The van der Waals surface area contributed by atoms with Crippen LogP contribution in [0.15, 0.2) is 69.6 Å². The molecule has 0 saturated heterocycles. The maximum absolute atomic E-state index is 14.0. The number of fused-ring (bicyclic) bond motifs is 3. The van der Waals surface area contributed by atoms with E-state index < -0.39 is 5.41 Å². The number of carbonyl (C=O) groups excluding carboxylic acids is 2. The van der Waals surface area contributed by atoms with Gasteiger partial charge in [0.2, 0.25) is 5.91 Å². The molecule has 34 heavy (non-hydrogen) atoms. The Labute approximate surface area is 207 Å². The fourth-order valence-electron chi connectivity index (χ4n) is 5.81. The molecule has 1 aliphatic carbocycles. The first kappa shape index (κ1) is 22.4. The maximum Gasteiger partial charge on any atom is 0.247 e. The fourth-order valence-corrected chi connectivity index (χ4v) is 6.28. The van der Waals surface area contributed by atoms with Gasteiger partial charge in [0, 0.05) is 40.5 Å². The number of hydrogen-bond donors (Lipinski definition) is 1. The Balaban J connectivity index is 1.93. The van der Waals surface area contributed by atoms with E-state index in [0.717, 1.165) is 15.7 Å². The lowest BCUT2D eigenvalue weighted by Gasteiger charge is -2.47. The van der Waals surface area contributed by atoms with Gasteiger partial charge < -0.3 is 10.6 Å². The average molecular weight is 517 g/mol. The summed E-state index contributed by atoms with van der Waals surface area (Å²) in [5.74, 6) is -0.249. The van der Waals surface area contributed by atoms with E-state index in [2.05, 4.69) is 22.0 Å². The third-order valence-corrected chi connectivity index (χ3v) is 7.67. The molecule has 1 unspecified atom stereocenters. The number of nitrogens with two attached hydrogens (primary N) is 1. The number of aryl methyl sites for hydroxylation is 1. The third kappa shape index (κ3) is 2.78. The van der Waals surface area contributed by atoms with E-state index in [1.165, 1.54) is 4.90 Å². The molecule has 2 aliphatic heterocycles. The molecular weight excluding hydrogens is 492 g/mol. The van der Waals surface area contributed by atoms with Crippen molar-refractivity contribution in [3.63, 3.8) is 0 Å². The quantitative estimate of drug-likeness (QED) is 0.586. The minimum Gasteiger partial charge on any atom is -0.384 e. The number of rotatable bonds is 1. The molecule has 3 aliphatic rings. The van der Waals surface area contributed by atoms with Crippen LogP contribution in [-0.2, 0) is 15.0 Å². The number of Topliss-reactive ketones (excluding diaryl/α,β-unsaturated/α-hetero) is 1. The Bertz CT molecular complexity index is 1400. The zero-order valence-electron chi connectivity index (χ0n) is 19.6. The molecule has 2 N–H and O–H groups in total. The lowest BCUT2D eigenvalue weighted by molar-refractivity contribution is -0.124. The molecule has 172 valence electrons. The van der Waals surface area contributed by atoms with Crippen molar-refractivity contribution in [2.24, 2.45) is 11.1 Å². The Morgan fingerprint density at radius 3 is 2.47 bits per heavy atom.